The Kier molecular flexibility index (Phi) is 3.25. The highest BCUT2D eigenvalue weighted by Gasteiger charge is 2.21. The Balaban J connectivity index is 1.93. The molecule has 0 unspecified atom stereocenters. The van der Waals surface area contributed by atoms with E-state index in [1.165, 1.54) is 6.42 Å². The van der Waals surface area contributed by atoms with Gasteiger partial charge in [-0.2, -0.15) is 9.97 Å². The maximum Gasteiger partial charge on any atom is 0.224 e. The number of aromatic nitrogens is 4. The summed E-state index contributed by atoms with van der Waals surface area (Å²) in [6.45, 7) is 1.92. The third-order valence-corrected chi connectivity index (χ3v) is 4.20. The van der Waals surface area contributed by atoms with Crippen LogP contribution in [0.3, 0.4) is 0 Å². The first-order valence-corrected chi connectivity index (χ1v) is 7.86. The van der Waals surface area contributed by atoms with Gasteiger partial charge in [0.25, 0.3) is 0 Å². The van der Waals surface area contributed by atoms with Crippen LogP contribution in [0, 0.1) is 0 Å². The SMILES string of the molecule is Nc1nc(N2CCCCC2)c2nc(N)n(-c3ccccc3)c2n1. The number of nitrogens with two attached hydrogens (primary N) is 2. The molecule has 0 amide bonds. The van der Waals surface area contributed by atoms with Crippen molar-refractivity contribution in [2.75, 3.05) is 29.5 Å². The number of nitrogen functional groups attached to an aromatic ring is 2. The predicted octanol–water partition coefficient (Wildman–Crippen LogP) is 1.97. The molecule has 7 heteroatoms. The van der Waals surface area contributed by atoms with Crippen LogP contribution >= 0.6 is 0 Å². The van der Waals surface area contributed by atoms with Gasteiger partial charge >= 0.3 is 0 Å². The number of para-hydroxylation sites is 1. The smallest absolute Gasteiger partial charge is 0.224 e. The van der Waals surface area contributed by atoms with E-state index in [-0.39, 0.29) is 5.95 Å². The first-order chi connectivity index (χ1) is 11.2. The highest BCUT2D eigenvalue weighted by atomic mass is 15.3. The molecule has 2 aromatic heterocycles. The molecule has 1 aliphatic heterocycles. The Bertz CT molecular complexity index is 835. The molecule has 0 aliphatic carbocycles. The second kappa shape index (κ2) is 5.42. The maximum absolute atomic E-state index is 6.16. The summed E-state index contributed by atoms with van der Waals surface area (Å²) < 4.78 is 1.82. The lowest BCUT2D eigenvalue weighted by Gasteiger charge is -2.27. The number of benzene rings is 1. The number of fused-ring (bicyclic) bond motifs is 1. The van der Waals surface area contributed by atoms with Crippen molar-refractivity contribution < 1.29 is 0 Å². The molecule has 0 radical (unpaired) electrons. The zero-order chi connectivity index (χ0) is 15.8. The molecule has 1 aromatic carbocycles. The highest BCUT2D eigenvalue weighted by molar-refractivity contribution is 5.88. The van der Waals surface area contributed by atoms with Gasteiger partial charge in [0.05, 0.1) is 5.69 Å². The van der Waals surface area contributed by atoms with Crippen molar-refractivity contribution in [3.8, 4) is 5.69 Å². The number of nitrogens with zero attached hydrogens (tertiary/aromatic N) is 5. The normalized spacial score (nSPS) is 15.2. The van der Waals surface area contributed by atoms with Crippen molar-refractivity contribution in [2.24, 2.45) is 0 Å². The summed E-state index contributed by atoms with van der Waals surface area (Å²) in [4.78, 5) is 15.6. The average molecular weight is 309 g/mol. The Morgan fingerprint density at radius 3 is 2.35 bits per heavy atom. The number of hydrogen-bond donors (Lipinski definition) is 2. The van der Waals surface area contributed by atoms with Crippen LogP contribution in [0.25, 0.3) is 16.9 Å². The molecule has 3 aromatic rings. The lowest BCUT2D eigenvalue weighted by atomic mass is 10.1. The molecule has 0 spiro atoms. The van der Waals surface area contributed by atoms with Crippen LogP contribution in [0.4, 0.5) is 17.7 Å². The Hall–Kier alpha value is -2.83. The van der Waals surface area contributed by atoms with Gasteiger partial charge < -0.3 is 16.4 Å². The summed E-state index contributed by atoms with van der Waals surface area (Å²) in [6.07, 6.45) is 3.56. The van der Waals surface area contributed by atoms with Gasteiger partial charge in [0.15, 0.2) is 17.0 Å². The maximum atomic E-state index is 6.16. The molecule has 4 rings (SSSR count). The van der Waals surface area contributed by atoms with E-state index in [0.29, 0.717) is 17.1 Å². The van der Waals surface area contributed by atoms with Crippen LogP contribution < -0.4 is 16.4 Å². The van der Waals surface area contributed by atoms with E-state index in [1.54, 1.807) is 0 Å². The van der Waals surface area contributed by atoms with Crippen LogP contribution in [0.1, 0.15) is 19.3 Å². The lowest BCUT2D eigenvalue weighted by molar-refractivity contribution is 0.574. The van der Waals surface area contributed by atoms with Gasteiger partial charge in [-0.05, 0) is 31.4 Å². The van der Waals surface area contributed by atoms with E-state index in [1.807, 2.05) is 34.9 Å². The summed E-state index contributed by atoms with van der Waals surface area (Å²) in [5, 5.41) is 0. The van der Waals surface area contributed by atoms with E-state index >= 15 is 0 Å². The third-order valence-electron chi connectivity index (χ3n) is 4.20. The zero-order valence-electron chi connectivity index (χ0n) is 12.8. The van der Waals surface area contributed by atoms with Gasteiger partial charge in [-0.15, -0.1) is 0 Å². The molecule has 1 fully saturated rings. The molecule has 0 saturated carbocycles. The fraction of sp³-hybridized carbons (Fsp3) is 0.312. The fourth-order valence-corrected chi connectivity index (χ4v) is 3.13. The molecule has 1 aliphatic rings. The largest absolute Gasteiger partial charge is 0.369 e. The average Bonchev–Trinajstić information content (AvgIpc) is 2.91. The minimum atomic E-state index is 0.246. The number of piperidine rings is 1. The topological polar surface area (TPSA) is 98.9 Å². The van der Waals surface area contributed by atoms with E-state index in [9.17, 15) is 0 Å². The Morgan fingerprint density at radius 1 is 0.870 bits per heavy atom. The van der Waals surface area contributed by atoms with Crippen molar-refractivity contribution in [3.63, 3.8) is 0 Å². The van der Waals surface area contributed by atoms with Crippen molar-refractivity contribution >= 4 is 28.9 Å². The van der Waals surface area contributed by atoms with Gasteiger partial charge in [-0.1, -0.05) is 18.2 Å². The van der Waals surface area contributed by atoms with Crippen LogP contribution in [0.2, 0.25) is 0 Å². The van der Waals surface area contributed by atoms with Crippen molar-refractivity contribution in [3.05, 3.63) is 30.3 Å². The molecule has 3 heterocycles. The van der Waals surface area contributed by atoms with Crippen molar-refractivity contribution in [1.82, 2.24) is 19.5 Å². The van der Waals surface area contributed by atoms with E-state index < -0.39 is 0 Å². The van der Waals surface area contributed by atoms with Gasteiger partial charge in [0.2, 0.25) is 11.9 Å². The number of hydrogen-bond acceptors (Lipinski definition) is 6. The number of rotatable bonds is 2. The molecule has 23 heavy (non-hydrogen) atoms. The summed E-state index contributed by atoms with van der Waals surface area (Å²) in [7, 11) is 0. The van der Waals surface area contributed by atoms with Crippen LogP contribution in [-0.4, -0.2) is 32.6 Å². The van der Waals surface area contributed by atoms with E-state index in [4.69, 9.17) is 11.5 Å². The van der Waals surface area contributed by atoms with Gasteiger partial charge in [-0.25, -0.2) is 4.98 Å². The molecule has 7 nitrogen and oxygen atoms in total. The summed E-state index contributed by atoms with van der Waals surface area (Å²) in [6, 6.07) is 9.81. The van der Waals surface area contributed by atoms with Crippen LogP contribution in [0.15, 0.2) is 30.3 Å². The van der Waals surface area contributed by atoms with Gasteiger partial charge in [-0.3, -0.25) is 4.57 Å². The minimum absolute atomic E-state index is 0.246. The standard InChI is InChI=1S/C16H19N7/c17-15-20-13(22-9-5-2-6-10-22)12-14(21-15)23(16(18)19-12)11-7-3-1-4-8-11/h1,3-4,7-8H,2,5-6,9-10H2,(H2,18,19)(H2,17,20,21). The highest BCUT2D eigenvalue weighted by Crippen LogP contribution is 2.30. The van der Waals surface area contributed by atoms with Crippen LogP contribution in [0.5, 0.6) is 0 Å². The predicted molar refractivity (Wildman–Crippen MR) is 91.5 cm³/mol. The molecule has 4 N–H and O–H groups in total. The van der Waals surface area contributed by atoms with Crippen LogP contribution in [-0.2, 0) is 0 Å². The fourth-order valence-electron chi connectivity index (χ4n) is 3.13. The molecule has 0 atom stereocenters. The number of anilines is 3. The quantitative estimate of drug-likeness (QED) is 0.751. The lowest BCUT2D eigenvalue weighted by Crippen LogP contribution is -2.30. The first-order valence-electron chi connectivity index (χ1n) is 7.86. The summed E-state index contributed by atoms with van der Waals surface area (Å²) >= 11 is 0. The second-order valence-corrected chi connectivity index (χ2v) is 5.77. The summed E-state index contributed by atoms with van der Waals surface area (Å²) in [5.41, 5.74) is 14.4. The molecule has 118 valence electrons. The van der Waals surface area contributed by atoms with Gasteiger partial charge in [0, 0.05) is 13.1 Å². The van der Waals surface area contributed by atoms with Crippen molar-refractivity contribution in [2.45, 2.75) is 19.3 Å². The Morgan fingerprint density at radius 2 is 1.61 bits per heavy atom. The van der Waals surface area contributed by atoms with E-state index in [2.05, 4.69) is 19.9 Å². The Labute approximate surface area is 134 Å². The zero-order valence-corrected chi connectivity index (χ0v) is 12.8. The summed E-state index contributed by atoms with van der Waals surface area (Å²) in [5.74, 6) is 1.42. The third kappa shape index (κ3) is 2.34. The first kappa shape index (κ1) is 13.8. The monoisotopic (exact) mass is 309 g/mol. The second-order valence-electron chi connectivity index (χ2n) is 5.77. The van der Waals surface area contributed by atoms with Crippen molar-refractivity contribution in [1.29, 1.82) is 0 Å². The van der Waals surface area contributed by atoms with E-state index in [0.717, 1.165) is 37.4 Å². The molecular weight excluding hydrogens is 290 g/mol. The number of imidazole rings is 1. The molecular formula is C16H19N7. The molecule has 0 bridgehead atoms. The van der Waals surface area contributed by atoms with Gasteiger partial charge in [0.1, 0.15) is 0 Å². The molecule has 1 saturated heterocycles. The minimum Gasteiger partial charge on any atom is -0.369 e.